The van der Waals surface area contributed by atoms with Gasteiger partial charge in [0.05, 0.1) is 6.54 Å². The zero-order valence-electron chi connectivity index (χ0n) is 11.2. The largest absolute Gasteiger partial charge is 0.401 e. The molecule has 0 aromatic carbocycles. The predicted molar refractivity (Wildman–Crippen MR) is 67.7 cm³/mol. The van der Waals surface area contributed by atoms with E-state index in [1.165, 1.54) is 0 Å². The molecule has 108 valence electrons. The quantitative estimate of drug-likeness (QED) is 0.611. The molecule has 18 heavy (non-hydrogen) atoms. The zero-order chi connectivity index (χ0) is 13.4. The van der Waals surface area contributed by atoms with Crippen molar-refractivity contribution in [2.45, 2.75) is 57.7 Å². The van der Waals surface area contributed by atoms with Crippen molar-refractivity contribution < 1.29 is 13.2 Å². The van der Waals surface area contributed by atoms with E-state index in [1.807, 2.05) is 0 Å². The Morgan fingerprint density at radius 3 is 2.39 bits per heavy atom. The van der Waals surface area contributed by atoms with E-state index >= 15 is 0 Å². The van der Waals surface area contributed by atoms with E-state index in [0.29, 0.717) is 6.54 Å². The minimum Gasteiger partial charge on any atom is -0.317 e. The van der Waals surface area contributed by atoms with Crippen molar-refractivity contribution >= 4 is 0 Å². The molecular formula is C13H25F3N2. The van der Waals surface area contributed by atoms with Gasteiger partial charge in [0.25, 0.3) is 0 Å². The molecule has 1 fully saturated rings. The van der Waals surface area contributed by atoms with E-state index < -0.39 is 12.7 Å². The maximum absolute atomic E-state index is 12.4. The normalized spacial score (nSPS) is 16.5. The summed E-state index contributed by atoms with van der Waals surface area (Å²) in [6.45, 7) is 4.00. The molecule has 0 heterocycles. The topological polar surface area (TPSA) is 15.3 Å². The van der Waals surface area contributed by atoms with Gasteiger partial charge >= 0.3 is 6.18 Å². The lowest BCUT2D eigenvalue weighted by Gasteiger charge is -2.23. The average molecular weight is 266 g/mol. The van der Waals surface area contributed by atoms with Gasteiger partial charge in [0.15, 0.2) is 0 Å². The third-order valence-electron chi connectivity index (χ3n) is 3.17. The van der Waals surface area contributed by atoms with Gasteiger partial charge in [0.1, 0.15) is 0 Å². The zero-order valence-corrected chi connectivity index (χ0v) is 11.2. The highest BCUT2D eigenvalue weighted by Crippen LogP contribution is 2.30. The molecule has 0 spiro atoms. The summed E-state index contributed by atoms with van der Waals surface area (Å²) in [6.07, 6.45) is 1.90. The third-order valence-corrected chi connectivity index (χ3v) is 3.17. The highest BCUT2D eigenvalue weighted by Gasteiger charge is 2.37. The summed E-state index contributed by atoms with van der Waals surface area (Å²) in [5.74, 6) is 0. The molecule has 0 radical (unpaired) electrons. The van der Waals surface area contributed by atoms with E-state index in [0.717, 1.165) is 51.6 Å². The van der Waals surface area contributed by atoms with Crippen molar-refractivity contribution in [2.75, 3.05) is 26.2 Å². The molecule has 0 unspecified atom stereocenters. The maximum atomic E-state index is 12.4. The van der Waals surface area contributed by atoms with E-state index in [9.17, 15) is 13.2 Å². The van der Waals surface area contributed by atoms with Crippen molar-refractivity contribution in [1.29, 1.82) is 0 Å². The molecular weight excluding hydrogens is 241 g/mol. The molecule has 2 nitrogen and oxygen atoms in total. The summed E-state index contributed by atoms with van der Waals surface area (Å²) < 4.78 is 37.1. The van der Waals surface area contributed by atoms with Crippen molar-refractivity contribution in [1.82, 2.24) is 10.2 Å². The Morgan fingerprint density at radius 2 is 1.83 bits per heavy atom. The molecule has 1 aliphatic carbocycles. The first-order valence-electron chi connectivity index (χ1n) is 7.04. The van der Waals surface area contributed by atoms with Crippen LogP contribution < -0.4 is 5.32 Å². The first-order chi connectivity index (χ1) is 8.53. The number of nitrogens with one attached hydrogen (secondary N) is 1. The minimum absolute atomic E-state index is 0.199. The van der Waals surface area contributed by atoms with Gasteiger partial charge in [0.2, 0.25) is 0 Å². The molecule has 0 aromatic rings. The monoisotopic (exact) mass is 266 g/mol. The Labute approximate surface area is 108 Å². The molecule has 0 bridgehead atoms. The predicted octanol–water partition coefficient (Wildman–Crippen LogP) is 3.18. The van der Waals surface area contributed by atoms with Crippen LogP contribution in [0.2, 0.25) is 0 Å². The van der Waals surface area contributed by atoms with Crippen LogP contribution >= 0.6 is 0 Å². The van der Waals surface area contributed by atoms with Crippen LogP contribution in [0.5, 0.6) is 0 Å². The SMILES string of the molecule is CCCNCCCCCN(CC(F)(F)F)C1CC1. The third kappa shape index (κ3) is 7.93. The van der Waals surface area contributed by atoms with Gasteiger partial charge < -0.3 is 5.32 Å². The fraction of sp³-hybridized carbons (Fsp3) is 1.00. The molecule has 0 saturated heterocycles. The average Bonchev–Trinajstić information content (AvgIpc) is 3.08. The number of hydrogen-bond donors (Lipinski definition) is 1. The summed E-state index contributed by atoms with van der Waals surface area (Å²) in [6, 6.07) is 0.199. The van der Waals surface area contributed by atoms with Crippen LogP contribution in [-0.4, -0.2) is 43.3 Å². The van der Waals surface area contributed by atoms with Crippen LogP contribution in [0.3, 0.4) is 0 Å². The Hall–Kier alpha value is -0.290. The van der Waals surface area contributed by atoms with Crippen LogP contribution in [0, 0.1) is 0 Å². The van der Waals surface area contributed by atoms with Gasteiger partial charge in [-0.25, -0.2) is 0 Å². The van der Waals surface area contributed by atoms with E-state index in [-0.39, 0.29) is 6.04 Å². The molecule has 1 saturated carbocycles. The number of unbranched alkanes of at least 4 members (excludes halogenated alkanes) is 2. The van der Waals surface area contributed by atoms with Crippen molar-refractivity contribution in [3.8, 4) is 0 Å². The molecule has 0 amide bonds. The van der Waals surface area contributed by atoms with Crippen LogP contribution in [0.1, 0.15) is 45.4 Å². The summed E-state index contributed by atoms with van der Waals surface area (Å²) in [5.41, 5.74) is 0. The van der Waals surface area contributed by atoms with Gasteiger partial charge in [-0.1, -0.05) is 13.3 Å². The molecule has 0 atom stereocenters. The van der Waals surface area contributed by atoms with Crippen molar-refractivity contribution in [2.24, 2.45) is 0 Å². The van der Waals surface area contributed by atoms with Crippen LogP contribution in [0.25, 0.3) is 0 Å². The lowest BCUT2D eigenvalue weighted by Crippen LogP contribution is -2.36. The van der Waals surface area contributed by atoms with Crippen LogP contribution in [0.4, 0.5) is 13.2 Å². The summed E-state index contributed by atoms with van der Waals surface area (Å²) in [5, 5.41) is 3.30. The van der Waals surface area contributed by atoms with E-state index in [2.05, 4.69) is 12.2 Å². The van der Waals surface area contributed by atoms with Gasteiger partial charge in [-0.05, 0) is 51.7 Å². The van der Waals surface area contributed by atoms with Crippen LogP contribution in [0.15, 0.2) is 0 Å². The van der Waals surface area contributed by atoms with Gasteiger partial charge in [-0.3, -0.25) is 4.90 Å². The Balaban J connectivity index is 2.04. The lowest BCUT2D eigenvalue weighted by molar-refractivity contribution is -0.147. The van der Waals surface area contributed by atoms with Crippen LogP contribution in [-0.2, 0) is 0 Å². The Bertz CT molecular complexity index is 215. The van der Waals surface area contributed by atoms with Gasteiger partial charge in [-0.15, -0.1) is 0 Å². The molecule has 1 aliphatic rings. The molecule has 1 rings (SSSR count). The Kier molecular flexibility index (Phi) is 7.00. The molecule has 0 aromatic heterocycles. The number of halogens is 3. The maximum Gasteiger partial charge on any atom is 0.401 e. The lowest BCUT2D eigenvalue weighted by atomic mass is 10.2. The molecule has 5 heteroatoms. The number of nitrogens with zero attached hydrogens (tertiary/aromatic N) is 1. The van der Waals surface area contributed by atoms with E-state index in [4.69, 9.17) is 0 Å². The summed E-state index contributed by atoms with van der Waals surface area (Å²) >= 11 is 0. The van der Waals surface area contributed by atoms with Crippen molar-refractivity contribution in [3.63, 3.8) is 0 Å². The number of rotatable bonds is 10. The summed E-state index contributed by atoms with van der Waals surface area (Å²) in [7, 11) is 0. The summed E-state index contributed by atoms with van der Waals surface area (Å²) in [4.78, 5) is 1.61. The molecule has 0 aliphatic heterocycles. The highest BCUT2D eigenvalue weighted by atomic mass is 19.4. The standard InChI is InChI=1S/C13H25F3N2/c1-2-8-17-9-4-3-5-10-18(12-6-7-12)11-13(14,15)16/h12,17H,2-11H2,1H3. The van der Waals surface area contributed by atoms with E-state index in [1.54, 1.807) is 4.90 Å². The minimum atomic E-state index is -4.05. The highest BCUT2D eigenvalue weighted by molar-refractivity contribution is 4.85. The number of hydrogen-bond acceptors (Lipinski definition) is 2. The first kappa shape index (κ1) is 15.8. The van der Waals surface area contributed by atoms with Gasteiger partial charge in [0, 0.05) is 6.04 Å². The second-order valence-corrected chi connectivity index (χ2v) is 5.13. The first-order valence-corrected chi connectivity index (χ1v) is 7.04. The Morgan fingerprint density at radius 1 is 1.11 bits per heavy atom. The fourth-order valence-electron chi connectivity index (χ4n) is 2.10. The smallest absolute Gasteiger partial charge is 0.317 e. The fourth-order valence-corrected chi connectivity index (χ4v) is 2.10. The number of alkyl halides is 3. The second-order valence-electron chi connectivity index (χ2n) is 5.13. The molecule has 1 N–H and O–H groups in total. The van der Waals surface area contributed by atoms with Gasteiger partial charge in [-0.2, -0.15) is 13.2 Å². The second kappa shape index (κ2) is 8.00. The van der Waals surface area contributed by atoms with Crippen molar-refractivity contribution in [3.05, 3.63) is 0 Å².